The number of rotatable bonds is 5. The van der Waals surface area contributed by atoms with Crippen molar-refractivity contribution in [3.8, 4) is 5.75 Å². The molecule has 1 atom stereocenters. The average molecular weight is 344 g/mol. The van der Waals surface area contributed by atoms with E-state index in [9.17, 15) is 5.11 Å². The molecule has 0 aromatic carbocycles. The molecular formula is C18H24N4OS. The highest BCUT2D eigenvalue weighted by atomic mass is 32.1. The summed E-state index contributed by atoms with van der Waals surface area (Å²) in [7, 11) is 0. The molecule has 2 N–H and O–H groups in total. The number of nitrogens with one attached hydrogen (secondary N) is 1. The van der Waals surface area contributed by atoms with Gasteiger partial charge in [-0.25, -0.2) is 4.98 Å². The van der Waals surface area contributed by atoms with Crippen LogP contribution < -0.4 is 5.32 Å². The predicted molar refractivity (Wildman–Crippen MR) is 94.9 cm³/mol. The summed E-state index contributed by atoms with van der Waals surface area (Å²) in [5.74, 6) is 0.296. The third-order valence-corrected chi connectivity index (χ3v) is 6.22. The first-order valence-electron chi connectivity index (χ1n) is 8.65. The SMILES string of the molecule is Cc1ccc(O)c(CN(Cc2nccs2)[C@@H]2CC23CCNCC3)n1. The Morgan fingerprint density at radius 3 is 2.92 bits per heavy atom. The molecule has 1 saturated carbocycles. The Bertz CT molecular complexity index is 697. The number of hydrogen-bond acceptors (Lipinski definition) is 6. The number of aryl methyl sites for hydroxylation is 1. The minimum Gasteiger partial charge on any atom is -0.506 e. The van der Waals surface area contributed by atoms with E-state index in [0.29, 0.717) is 23.8 Å². The van der Waals surface area contributed by atoms with Gasteiger partial charge in [0.1, 0.15) is 10.8 Å². The molecule has 2 aliphatic rings. The fourth-order valence-corrected chi connectivity index (χ4v) is 4.64. The Balaban J connectivity index is 1.55. The van der Waals surface area contributed by atoms with Gasteiger partial charge in [-0.1, -0.05) is 0 Å². The van der Waals surface area contributed by atoms with Crippen molar-refractivity contribution in [2.45, 2.75) is 45.3 Å². The van der Waals surface area contributed by atoms with E-state index < -0.39 is 0 Å². The fourth-order valence-electron chi connectivity index (χ4n) is 4.00. The Kier molecular flexibility index (Phi) is 4.28. The van der Waals surface area contributed by atoms with Gasteiger partial charge < -0.3 is 10.4 Å². The van der Waals surface area contributed by atoms with Crippen molar-refractivity contribution in [2.75, 3.05) is 13.1 Å². The van der Waals surface area contributed by atoms with E-state index in [2.05, 4.69) is 20.2 Å². The molecule has 6 heteroatoms. The lowest BCUT2D eigenvalue weighted by molar-refractivity contribution is 0.184. The molecule has 3 heterocycles. The molecule has 0 radical (unpaired) electrons. The van der Waals surface area contributed by atoms with Crippen molar-refractivity contribution in [1.82, 2.24) is 20.2 Å². The Morgan fingerprint density at radius 1 is 1.33 bits per heavy atom. The van der Waals surface area contributed by atoms with E-state index in [1.807, 2.05) is 24.6 Å². The topological polar surface area (TPSA) is 61.3 Å². The van der Waals surface area contributed by atoms with Crippen LogP contribution >= 0.6 is 11.3 Å². The van der Waals surface area contributed by atoms with Crippen LogP contribution in [0.25, 0.3) is 0 Å². The molecule has 0 amide bonds. The van der Waals surface area contributed by atoms with Crippen LogP contribution in [-0.2, 0) is 13.1 Å². The summed E-state index contributed by atoms with van der Waals surface area (Å²) in [5.41, 5.74) is 2.19. The number of hydrogen-bond donors (Lipinski definition) is 2. The highest BCUT2D eigenvalue weighted by molar-refractivity contribution is 7.09. The fraction of sp³-hybridized carbons (Fsp3) is 0.556. The van der Waals surface area contributed by atoms with Crippen molar-refractivity contribution in [3.05, 3.63) is 40.1 Å². The first-order chi connectivity index (χ1) is 11.7. The van der Waals surface area contributed by atoms with Gasteiger partial charge >= 0.3 is 0 Å². The zero-order valence-electron chi connectivity index (χ0n) is 14.0. The number of piperidine rings is 1. The largest absolute Gasteiger partial charge is 0.506 e. The van der Waals surface area contributed by atoms with Crippen molar-refractivity contribution >= 4 is 11.3 Å². The number of thiazole rings is 1. The third kappa shape index (κ3) is 3.18. The molecule has 1 aliphatic carbocycles. The molecule has 2 fully saturated rings. The molecule has 2 aromatic heterocycles. The van der Waals surface area contributed by atoms with Gasteiger partial charge in [0.2, 0.25) is 0 Å². The predicted octanol–water partition coefficient (Wildman–Crippen LogP) is 2.70. The maximum atomic E-state index is 10.2. The van der Waals surface area contributed by atoms with Crippen LogP contribution in [0, 0.1) is 12.3 Å². The third-order valence-electron chi connectivity index (χ3n) is 5.45. The maximum Gasteiger partial charge on any atom is 0.138 e. The zero-order chi connectivity index (χ0) is 16.6. The van der Waals surface area contributed by atoms with Crippen LogP contribution in [0.2, 0.25) is 0 Å². The van der Waals surface area contributed by atoms with Crippen LogP contribution in [0.4, 0.5) is 0 Å². The van der Waals surface area contributed by atoms with Crippen LogP contribution in [0.3, 0.4) is 0 Å². The lowest BCUT2D eigenvalue weighted by Crippen LogP contribution is -2.36. The summed E-state index contributed by atoms with van der Waals surface area (Å²) in [6, 6.07) is 4.19. The van der Waals surface area contributed by atoms with Gasteiger partial charge in [0.15, 0.2) is 0 Å². The van der Waals surface area contributed by atoms with Crippen LogP contribution in [0.5, 0.6) is 5.75 Å². The van der Waals surface area contributed by atoms with Gasteiger partial charge in [-0.3, -0.25) is 9.88 Å². The van der Waals surface area contributed by atoms with E-state index >= 15 is 0 Å². The molecule has 2 aromatic rings. The minimum atomic E-state index is 0.296. The second-order valence-corrected chi connectivity index (χ2v) is 8.06. The van der Waals surface area contributed by atoms with E-state index in [4.69, 9.17) is 0 Å². The molecule has 1 spiro atoms. The molecule has 5 nitrogen and oxygen atoms in total. The second-order valence-electron chi connectivity index (χ2n) is 7.08. The quantitative estimate of drug-likeness (QED) is 0.873. The highest BCUT2D eigenvalue weighted by Crippen LogP contribution is 2.56. The van der Waals surface area contributed by atoms with Crippen molar-refractivity contribution in [2.24, 2.45) is 5.41 Å². The van der Waals surface area contributed by atoms with Crippen molar-refractivity contribution in [3.63, 3.8) is 0 Å². The number of nitrogens with zero attached hydrogens (tertiary/aromatic N) is 3. The molecule has 1 saturated heterocycles. The molecule has 1 aliphatic heterocycles. The van der Waals surface area contributed by atoms with Gasteiger partial charge in [-0.2, -0.15) is 0 Å². The van der Waals surface area contributed by atoms with Gasteiger partial charge in [-0.15, -0.1) is 11.3 Å². The van der Waals surface area contributed by atoms with E-state index in [1.165, 1.54) is 19.3 Å². The van der Waals surface area contributed by atoms with Crippen molar-refractivity contribution in [1.29, 1.82) is 0 Å². The summed E-state index contributed by atoms with van der Waals surface area (Å²) < 4.78 is 0. The summed E-state index contributed by atoms with van der Waals surface area (Å²) in [5, 5.41) is 16.8. The summed E-state index contributed by atoms with van der Waals surface area (Å²) in [4.78, 5) is 11.5. The molecule has 0 bridgehead atoms. The van der Waals surface area contributed by atoms with Gasteiger partial charge in [0.05, 0.1) is 12.2 Å². The Labute approximate surface area is 146 Å². The van der Waals surface area contributed by atoms with E-state index in [-0.39, 0.29) is 0 Å². The number of pyridine rings is 1. The van der Waals surface area contributed by atoms with Gasteiger partial charge in [0.25, 0.3) is 0 Å². The molecule has 128 valence electrons. The van der Waals surface area contributed by atoms with E-state index in [0.717, 1.165) is 36.0 Å². The molecular weight excluding hydrogens is 320 g/mol. The van der Waals surface area contributed by atoms with Crippen LogP contribution in [-0.4, -0.2) is 39.1 Å². The van der Waals surface area contributed by atoms with Gasteiger partial charge in [-0.05, 0) is 56.8 Å². The van der Waals surface area contributed by atoms with Crippen LogP contribution in [0.15, 0.2) is 23.7 Å². The number of aromatic hydroxyl groups is 1. The van der Waals surface area contributed by atoms with Crippen molar-refractivity contribution < 1.29 is 5.11 Å². The van der Waals surface area contributed by atoms with E-state index in [1.54, 1.807) is 17.4 Å². The Morgan fingerprint density at radius 2 is 2.17 bits per heavy atom. The standard InChI is InChI=1S/C18H24N4OS/c1-13-2-3-15(23)14(21-13)11-22(12-17-20-8-9-24-17)16-10-18(16)4-6-19-7-5-18/h2-3,8-9,16,19,23H,4-7,10-12H2,1H3/t16-/m1/s1. The molecule has 0 unspecified atom stereocenters. The summed E-state index contributed by atoms with van der Waals surface area (Å²) >= 11 is 1.70. The average Bonchev–Trinajstić information content (AvgIpc) is 3.02. The first kappa shape index (κ1) is 16.0. The van der Waals surface area contributed by atoms with Crippen LogP contribution in [0.1, 0.15) is 35.7 Å². The monoisotopic (exact) mass is 344 g/mol. The summed E-state index contributed by atoms with van der Waals surface area (Å²) in [6.07, 6.45) is 5.62. The number of aromatic nitrogens is 2. The lowest BCUT2D eigenvalue weighted by Gasteiger charge is -2.29. The highest BCUT2D eigenvalue weighted by Gasteiger charge is 2.56. The molecule has 4 rings (SSSR count). The second kappa shape index (κ2) is 6.43. The van der Waals surface area contributed by atoms with Gasteiger partial charge in [0, 0.05) is 29.9 Å². The zero-order valence-corrected chi connectivity index (χ0v) is 14.9. The summed E-state index contributed by atoms with van der Waals surface area (Å²) in [6.45, 7) is 5.74. The smallest absolute Gasteiger partial charge is 0.138 e. The lowest BCUT2D eigenvalue weighted by atomic mass is 9.93. The first-order valence-corrected chi connectivity index (χ1v) is 9.53. The minimum absolute atomic E-state index is 0.296. The Hall–Kier alpha value is -1.50. The maximum absolute atomic E-state index is 10.2. The normalized spacial score (nSPS) is 22.2. The molecule has 24 heavy (non-hydrogen) atoms.